The first-order chi connectivity index (χ1) is 8.94. The fraction of sp³-hybridized carbons (Fsp3) is 0.643. The number of hydrogen-bond acceptors (Lipinski definition) is 5. The van der Waals surface area contributed by atoms with Crippen LogP contribution in [0.3, 0.4) is 0 Å². The summed E-state index contributed by atoms with van der Waals surface area (Å²) in [7, 11) is 0. The molecule has 106 valence electrons. The van der Waals surface area contributed by atoms with Crippen LogP contribution in [0.1, 0.15) is 24.4 Å². The van der Waals surface area contributed by atoms with Gasteiger partial charge >= 0.3 is 0 Å². The Bertz CT molecular complexity index is 423. The Morgan fingerprint density at radius 3 is 2.95 bits per heavy atom. The number of terminal acetylenes is 1. The second-order valence-electron chi connectivity index (χ2n) is 4.99. The molecule has 1 rings (SSSR count). The molecule has 0 radical (unpaired) electrons. The van der Waals surface area contributed by atoms with Gasteiger partial charge < -0.3 is 9.84 Å². The SMILES string of the molecule is C#CC(C)(C)NCC(O)COCCc1scnc1C. The molecule has 5 heteroatoms. The molecule has 1 aromatic heterocycles. The second-order valence-corrected chi connectivity index (χ2v) is 5.93. The smallest absolute Gasteiger partial charge is 0.0898 e. The van der Waals surface area contributed by atoms with E-state index in [2.05, 4.69) is 16.2 Å². The fourth-order valence-corrected chi connectivity index (χ4v) is 2.20. The average Bonchev–Trinajstić information content (AvgIpc) is 2.78. The molecule has 0 bridgehead atoms. The van der Waals surface area contributed by atoms with Crippen LogP contribution in [0, 0.1) is 19.3 Å². The van der Waals surface area contributed by atoms with E-state index in [0.717, 1.165) is 12.1 Å². The highest BCUT2D eigenvalue weighted by atomic mass is 32.1. The van der Waals surface area contributed by atoms with Crippen LogP contribution in [0.5, 0.6) is 0 Å². The van der Waals surface area contributed by atoms with Crippen molar-refractivity contribution in [1.82, 2.24) is 10.3 Å². The summed E-state index contributed by atoms with van der Waals surface area (Å²) in [5.74, 6) is 2.62. The average molecular weight is 282 g/mol. The molecule has 0 saturated heterocycles. The number of nitrogens with one attached hydrogen (secondary N) is 1. The van der Waals surface area contributed by atoms with Crippen molar-refractivity contribution in [3.05, 3.63) is 16.1 Å². The number of aromatic nitrogens is 1. The first-order valence-corrected chi connectivity index (χ1v) is 7.20. The molecule has 0 spiro atoms. The van der Waals surface area contributed by atoms with Crippen molar-refractivity contribution in [1.29, 1.82) is 0 Å². The fourth-order valence-electron chi connectivity index (χ4n) is 1.43. The zero-order valence-electron chi connectivity index (χ0n) is 11.8. The molecule has 0 aliphatic heterocycles. The number of aryl methyl sites for hydroxylation is 1. The maximum Gasteiger partial charge on any atom is 0.0898 e. The lowest BCUT2D eigenvalue weighted by molar-refractivity contribution is 0.0364. The Morgan fingerprint density at radius 2 is 2.37 bits per heavy atom. The Balaban J connectivity index is 2.13. The van der Waals surface area contributed by atoms with Gasteiger partial charge in [0.15, 0.2) is 0 Å². The molecule has 4 nitrogen and oxygen atoms in total. The summed E-state index contributed by atoms with van der Waals surface area (Å²) >= 11 is 1.64. The molecule has 1 unspecified atom stereocenters. The van der Waals surface area contributed by atoms with Crippen LogP contribution in [0.15, 0.2) is 5.51 Å². The van der Waals surface area contributed by atoms with Crippen molar-refractivity contribution in [3.8, 4) is 12.3 Å². The quantitative estimate of drug-likeness (QED) is 0.558. The zero-order chi connectivity index (χ0) is 14.3. The van der Waals surface area contributed by atoms with E-state index >= 15 is 0 Å². The lowest BCUT2D eigenvalue weighted by atomic mass is 10.1. The van der Waals surface area contributed by atoms with Crippen LogP contribution in [-0.2, 0) is 11.2 Å². The predicted octanol–water partition coefficient (Wildman–Crippen LogP) is 1.37. The normalized spacial score (nSPS) is 13.2. The van der Waals surface area contributed by atoms with E-state index in [1.54, 1.807) is 11.3 Å². The maximum atomic E-state index is 9.75. The highest BCUT2D eigenvalue weighted by Gasteiger charge is 2.14. The lowest BCUT2D eigenvalue weighted by Crippen LogP contribution is -2.43. The molecule has 1 atom stereocenters. The van der Waals surface area contributed by atoms with E-state index in [9.17, 15) is 5.11 Å². The third kappa shape index (κ3) is 6.17. The van der Waals surface area contributed by atoms with Crippen molar-refractivity contribution in [2.24, 2.45) is 0 Å². The summed E-state index contributed by atoms with van der Waals surface area (Å²) in [5.41, 5.74) is 2.50. The summed E-state index contributed by atoms with van der Waals surface area (Å²) in [6.45, 7) is 7.12. The minimum absolute atomic E-state index is 0.311. The standard InChI is InChI=1S/C14H22N2O2S/c1-5-14(3,4)16-8-12(17)9-18-7-6-13-11(2)15-10-19-13/h1,10,12,16-17H,6-9H2,2-4H3. The van der Waals surface area contributed by atoms with Crippen LogP contribution in [-0.4, -0.2) is 41.5 Å². The summed E-state index contributed by atoms with van der Waals surface area (Å²) in [5, 5.41) is 12.9. The van der Waals surface area contributed by atoms with Crippen LogP contribution >= 0.6 is 11.3 Å². The molecule has 0 fully saturated rings. The molecular formula is C14H22N2O2S. The van der Waals surface area contributed by atoms with Crippen molar-refractivity contribution < 1.29 is 9.84 Å². The molecule has 0 aromatic carbocycles. The molecule has 19 heavy (non-hydrogen) atoms. The number of nitrogens with zero attached hydrogens (tertiary/aromatic N) is 1. The first-order valence-electron chi connectivity index (χ1n) is 6.32. The number of aliphatic hydroxyl groups excluding tert-OH is 1. The van der Waals surface area contributed by atoms with Gasteiger partial charge in [0.1, 0.15) is 0 Å². The van der Waals surface area contributed by atoms with Crippen LogP contribution < -0.4 is 5.32 Å². The monoisotopic (exact) mass is 282 g/mol. The number of thiazole rings is 1. The summed E-state index contributed by atoms with van der Waals surface area (Å²) < 4.78 is 5.46. The van der Waals surface area contributed by atoms with E-state index in [0.29, 0.717) is 19.8 Å². The number of β-amino-alcohol motifs (C(OH)–C–C–N with tert-alkyl or cyclic N) is 1. The topological polar surface area (TPSA) is 54.4 Å². The highest BCUT2D eigenvalue weighted by Crippen LogP contribution is 2.12. The number of rotatable bonds is 8. The van der Waals surface area contributed by atoms with E-state index in [1.807, 2.05) is 26.3 Å². The van der Waals surface area contributed by atoms with Gasteiger partial charge in [-0.1, -0.05) is 5.92 Å². The Labute approximate surface area is 119 Å². The van der Waals surface area contributed by atoms with Gasteiger partial charge in [-0.05, 0) is 20.8 Å². The van der Waals surface area contributed by atoms with E-state index in [-0.39, 0.29) is 0 Å². The van der Waals surface area contributed by atoms with Gasteiger partial charge in [0.25, 0.3) is 0 Å². The van der Waals surface area contributed by atoms with Crippen molar-refractivity contribution in [2.75, 3.05) is 19.8 Å². The molecule has 0 amide bonds. The van der Waals surface area contributed by atoms with E-state index in [4.69, 9.17) is 11.2 Å². The van der Waals surface area contributed by atoms with Gasteiger partial charge in [0, 0.05) is 17.8 Å². The number of ether oxygens (including phenoxy) is 1. The van der Waals surface area contributed by atoms with Gasteiger partial charge in [-0.3, -0.25) is 5.32 Å². The number of aliphatic hydroxyl groups is 1. The van der Waals surface area contributed by atoms with Gasteiger partial charge in [0.05, 0.1) is 36.1 Å². The summed E-state index contributed by atoms with van der Waals surface area (Å²) in [6, 6.07) is 0. The van der Waals surface area contributed by atoms with E-state index in [1.165, 1.54) is 4.88 Å². The molecule has 0 aliphatic carbocycles. The van der Waals surface area contributed by atoms with Crippen molar-refractivity contribution >= 4 is 11.3 Å². The molecule has 1 aromatic rings. The molecule has 0 saturated carbocycles. The minimum Gasteiger partial charge on any atom is -0.389 e. The molecule has 2 N–H and O–H groups in total. The van der Waals surface area contributed by atoms with Crippen LogP contribution in [0.2, 0.25) is 0 Å². The zero-order valence-corrected chi connectivity index (χ0v) is 12.6. The third-order valence-corrected chi connectivity index (χ3v) is 3.76. The van der Waals surface area contributed by atoms with Gasteiger partial charge in [-0.25, -0.2) is 4.98 Å². The highest BCUT2D eigenvalue weighted by molar-refractivity contribution is 7.09. The maximum absolute atomic E-state index is 9.75. The van der Waals surface area contributed by atoms with Crippen LogP contribution in [0.25, 0.3) is 0 Å². The second kappa shape index (κ2) is 7.61. The van der Waals surface area contributed by atoms with Crippen molar-refractivity contribution in [3.63, 3.8) is 0 Å². The molecule has 1 heterocycles. The summed E-state index contributed by atoms with van der Waals surface area (Å²) in [4.78, 5) is 5.42. The largest absolute Gasteiger partial charge is 0.389 e. The number of hydrogen-bond donors (Lipinski definition) is 2. The van der Waals surface area contributed by atoms with Crippen LogP contribution in [0.4, 0.5) is 0 Å². The van der Waals surface area contributed by atoms with Gasteiger partial charge in [0.2, 0.25) is 0 Å². The first kappa shape index (κ1) is 16.1. The van der Waals surface area contributed by atoms with Gasteiger partial charge in [-0.15, -0.1) is 17.8 Å². The minimum atomic E-state index is -0.546. The Morgan fingerprint density at radius 1 is 1.63 bits per heavy atom. The Hall–Kier alpha value is -0.930. The Kier molecular flexibility index (Phi) is 6.46. The molecule has 0 aliphatic rings. The predicted molar refractivity (Wildman–Crippen MR) is 78.3 cm³/mol. The third-order valence-electron chi connectivity index (χ3n) is 2.77. The molecular weight excluding hydrogens is 260 g/mol. The van der Waals surface area contributed by atoms with Gasteiger partial charge in [-0.2, -0.15) is 0 Å². The van der Waals surface area contributed by atoms with E-state index < -0.39 is 11.6 Å². The summed E-state index contributed by atoms with van der Waals surface area (Å²) in [6.07, 6.45) is 5.65. The van der Waals surface area contributed by atoms with Crippen molar-refractivity contribution in [2.45, 2.75) is 38.8 Å². The lowest BCUT2D eigenvalue weighted by Gasteiger charge is -2.21.